The van der Waals surface area contributed by atoms with Crippen LogP contribution in [0.15, 0.2) is 108 Å². The SMILES string of the molecule is COc1ccc(N(CC(=O)N(Cc2ccccc2)C(Cc2ccccc2)C(=O)NC(C)(C)C)S(=O)(=O)c2ccc(C)c([N+](=O)[O-])c2)cc1. The third-order valence-corrected chi connectivity index (χ3v) is 9.34. The quantitative estimate of drug-likeness (QED) is 0.143. The van der Waals surface area contributed by atoms with Crippen LogP contribution in [0.25, 0.3) is 0 Å². The van der Waals surface area contributed by atoms with Crippen molar-refractivity contribution >= 4 is 33.2 Å². The summed E-state index contributed by atoms with van der Waals surface area (Å²) < 4.78 is 34.7. The second-order valence-corrected chi connectivity index (χ2v) is 14.2. The minimum Gasteiger partial charge on any atom is -0.497 e. The summed E-state index contributed by atoms with van der Waals surface area (Å²) in [7, 11) is -3.07. The number of nitrogens with zero attached hydrogens (tertiary/aromatic N) is 3. The highest BCUT2D eigenvalue weighted by Gasteiger charge is 2.36. The highest BCUT2D eigenvalue weighted by molar-refractivity contribution is 7.92. The van der Waals surface area contributed by atoms with E-state index in [4.69, 9.17) is 4.74 Å². The van der Waals surface area contributed by atoms with Gasteiger partial charge in [0.25, 0.3) is 15.7 Å². The van der Waals surface area contributed by atoms with E-state index < -0.39 is 44.9 Å². The summed E-state index contributed by atoms with van der Waals surface area (Å²) in [6, 6.07) is 27.1. The number of hydrogen-bond donors (Lipinski definition) is 1. The summed E-state index contributed by atoms with van der Waals surface area (Å²) in [4.78, 5) is 40.6. The third-order valence-electron chi connectivity index (χ3n) is 7.57. The summed E-state index contributed by atoms with van der Waals surface area (Å²) >= 11 is 0. The molecular weight excluding hydrogens is 632 g/mol. The first kappa shape index (κ1) is 35.6. The molecule has 11 nitrogen and oxygen atoms in total. The Morgan fingerprint density at radius 3 is 2.02 bits per heavy atom. The zero-order valence-electron chi connectivity index (χ0n) is 27.6. The van der Waals surface area contributed by atoms with E-state index in [0.29, 0.717) is 5.75 Å². The number of carbonyl (C=O) groups is 2. The number of sulfonamides is 1. The van der Waals surface area contributed by atoms with Crippen molar-refractivity contribution in [3.63, 3.8) is 0 Å². The van der Waals surface area contributed by atoms with Gasteiger partial charge >= 0.3 is 0 Å². The van der Waals surface area contributed by atoms with E-state index in [0.717, 1.165) is 21.5 Å². The highest BCUT2D eigenvalue weighted by atomic mass is 32.2. The van der Waals surface area contributed by atoms with Gasteiger partial charge in [0.1, 0.15) is 18.3 Å². The molecule has 0 saturated heterocycles. The third kappa shape index (κ3) is 8.97. The minimum absolute atomic E-state index is 0.0151. The number of hydrogen-bond acceptors (Lipinski definition) is 7. The molecule has 2 amide bonds. The van der Waals surface area contributed by atoms with Crippen molar-refractivity contribution in [1.29, 1.82) is 0 Å². The van der Waals surface area contributed by atoms with Crippen LogP contribution in [-0.4, -0.2) is 55.3 Å². The first-order valence-electron chi connectivity index (χ1n) is 15.3. The van der Waals surface area contributed by atoms with Crippen LogP contribution in [0.4, 0.5) is 11.4 Å². The Bertz CT molecular complexity index is 1840. The molecule has 48 heavy (non-hydrogen) atoms. The Labute approximate surface area is 281 Å². The molecule has 0 aromatic heterocycles. The number of benzene rings is 4. The number of nitro groups is 1. The molecule has 0 aliphatic heterocycles. The van der Waals surface area contributed by atoms with Crippen molar-refractivity contribution in [3.05, 3.63) is 130 Å². The number of aryl methyl sites for hydroxylation is 1. The minimum atomic E-state index is -4.54. The van der Waals surface area contributed by atoms with Crippen molar-refractivity contribution in [3.8, 4) is 5.75 Å². The fraction of sp³-hybridized carbons (Fsp3) is 0.278. The van der Waals surface area contributed by atoms with E-state index in [2.05, 4.69) is 5.32 Å². The Morgan fingerprint density at radius 1 is 0.896 bits per heavy atom. The average molecular weight is 673 g/mol. The van der Waals surface area contributed by atoms with Gasteiger partial charge in [-0.1, -0.05) is 66.7 Å². The molecule has 0 spiro atoms. The highest BCUT2D eigenvalue weighted by Crippen LogP contribution is 2.30. The Hall–Kier alpha value is -5.23. The van der Waals surface area contributed by atoms with Gasteiger partial charge in [0.15, 0.2) is 0 Å². The first-order chi connectivity index (χ1) is 22.7. The van der Waals surface area contributed by atoms with Crippen molar-refractivity contribution in [1.82, 2.24) is 10.2 Å². The Balaban J connectivity index is 1.84. The van der Waals surface area contributed by atoms with E-state index in [-0.39, 0.29) is 34.8 Å². The molecule has 0 aliphatic rings. The monoisotopic (exact) mass is 672 g/mol. The molecule has 1 unspecified atom stereocenters. The number of rotatable bonds is 13. The van der Waals surface area contributed by atoms with E-state index in [9.17, 15) is 28.1 Å². The fourth-order valence-corrected chi connectivity index (χ4v) is 6.57. The van der Waals surface area contributed by atoms with Crippen molar-refractivity contribution in [2.45, 2.75) is 57.1 Å². The molecule has 4 rings (SSSR count). The van der Waals surface area contributed by atoms with Crippen LogP contribution < -0.4 is 14.4 Å². The van der Waals surface area contributed by atoms with Crippen molar-refractivity contribution in [2.75, 3.05) is 18.0 Å². The summed E-state index contributed by atoms with van der Waals surface area (Å²) in [6.07, 6.45) is 0.167. The molecule has 12 heteroatoms. The summed E-state index contributed by atoms with van der Waals surface area (Å²) in [5.41, 5.74) is 0.972. The molecule has 0 saturated carbocycles. The lowest BCUT2D eigenvalue weighted by molar-refractivity contribution is -0.385. The van der Waals surface area contributed by atoms with Crippen LogP contribution in [0.2, 0.25) is 0 Å². The van der Waals surface area contributed by atoms with Gasteiger partial charge in [0.2, 0.25) is 11.8 Å². The fourth-order valence-electron chi connectivity index (χ4n) is 5.14. The van der Waals surface area contributed by atoms with Crippen LogP contribution >= 0.6 is 0 Å². The maximum Gasteiger partial charge on any atom is 0.273 e. The van der Waals surface area contributed by atoms with Gasteiger partial charge in [-0.3, -0.25) is 24.0 Å². The number of methoxy groups -OCH3 is 1. The second-order valence-electron chi connectivity index (χ2n) is 12.4. The van der Waals surface area contributed by atoms with Gasteiger partial charge in [-0.05, 0) is 69.2 Å². The molecule has 0 heterocycles. The van der Waals surface area contributed by atoms with Crippen LogP contribution in [0.1, 0.15) is 37.5 Å². The molecule has 4 aromatic carbocycles. The molecule has 0 fully saturated rings. The average Bonchev–Trinajstić information content (AvgIpc) is 3.05. The number of nitro benzene ring substituents is 1. The summed E-state index contributed by atoms with van der Waals surface area (Å²) in [6.45, 7) is 6.35. The van der Waals surface area contributed by atoms with Crippen LogP contribution in [0.3, 0.4) is 0 Å². The van der Waals surface area contributed by atoms with Crippen LogP contribution in [-0.2, 0) is 32.6 Å². The molecule has 0 bridgehead atoms. The number of amides is 2. The van der Waals surface area contributed by atoms with Crippen molar-refractivity contribution in [2.24, 2.45) is 0 Å². The van der Waals surface area contributed by atoms with Crippen LogP contribution in [0, 0.1) is 17.0 Å². The number of nitrogens with one attached hydrogen (secondary N) is 1. The summed E-state index contributed by atoms with van der Waals surface area (Å²) in [5.74, 6) is -0.589. The lowest BCUT2D eigenvalue weighted by Gasteiger charge is -2.35. The van der Waals surface area contributed by atoms with Gasteiger partial charge < -0.3 is 15.0 Å². The molecule has 0 aliphatic carbocycles. The normalized spacial score (nSPS) is 12.1. The second kappa shape index (κ2) is 15.1. The van der Waals surface area contributed by atoms with Crippen molar-refractivity contribution < 1.29 is 27.7 Å². The van der Waals surface area contributed by atoms with Gasteiger partial charge in [0, 0.05) is 30.1 Å². The predicted octanol–water partition coefficient (Wildman–Crippen LogP) is 5.66. The summed E-state index contributed by atoms with van der Waals surface area (Å²) in [5, 5.41) is 14.7. The van der Waals surface area contributed by atoms with Crippen LogP contribution in [0.5, 0.6) is 5.75 Å². The van der Waals surface area contributed by atoms with E-state index >= 15 is 0 Å². The standard InChI is InChI=1S/C36H40N4O7S/c1-26-16-21-31(23-32(26)40(43)44)48(45,46)39(29-17-19-30(47-5)20-18-29)25-34(41)38(24-28-14-10-7-11-15-28)33(35(42)37-36(2,3)4)22-27-12-8-6-9-13-27/h6-21,23,33H,22,24-25H2,1-5H3,(H,37,42). The zero-order valence-corrected chi connectivity index (χ0v) is 28.4. The van der Waals surface area contributed by atoms with E-state index in [1.54, 1.807) is 12.1 Å². The maximum absolute atomic E-state index is 14.6. The molecule has 0 radical (unpaired) electrons. The lowest BCUT2D eigenvalue weighted by atomic mass is 10.0. The number of ether oxygens (including phenoxy) is 1. The molecule has 1 N–H and O–H groups in total. The first-order valence-corrected chi connectivity index (χ1v) is 16.7. The zero-order chi connectivity index (χ0) is 35.1. The predicted molar refractivity (Wildman–Crippen MR) is 184 cm³/mol. The van der Waals surface area contributed by atoms with Gasteiger partial charge in [-0.15, -0.1) is 0 Å². The topological polar surface area (TPSA) is 139 Å². The van der Waals surface area contributed by atoms with Gasteiger partial charge in [-0.25, -0.2) is 8.42 Å². The maximum atomic E-state index is 14.6. The van der Waals surface area contributed by atoms with E-state index in [1.807, 2.05) is 81.4 Å². The molecule has 4 aromatic rings. The molecule has 1 atom stereocenters. The largest absolute Gasteiger partial charge is 0.497 e. The smallest absolute Gasteiger partial charge is 0.273 e. The van der Waals surface area contributed by atoms with Gasteiger partial charge in [0.05, 0.1) is 22.6 Å². The van der Waals surface area contributed by atoms with E-state index in [1.165, 1.54) is 43.2 Å². The Morgan fingerprint density at radius 2 is 1.48 bits per heavy atom. The number of carbonyl (C=O) groups excluding carboxylic acids is 2. The molecular formula is C36H40N4O7S. The Kier molecular flexibility index (Phi) is 11.2. The molecule has 252 valence electrons. The van der Waals surface area contributed by atoms with Gasteiger partial charge in [-0.2, -0.15) is 0 Å². The number of anilines is 1. The lowest BCUT2D eigenvalue weighted by Crippen LogP contribution is -2.56.